The number of para-hydroxylation sites is 2. The van der Waals surface area contributed by atoms with E-state index in [1.807, 2.05) is 25.1 Å². The second-order valence-corrected chi connectivity index (χ2v) is 6.94. The zero-order valence-corrected chi connectivity index (χ0v) is 14.7. The fraction of sp³-hybridized carbons (Fsp3) is 0.250. The van der Waals surface area contributed by atoms with Gasteiger partial charge in [-0.25, -0.2) is 14.3 Å². The maximum Gasteiger partial charge on any atom is 0.420 e. The summed E-state index contributed by atoms with van der Waals surface area (Å²) in [5.41, 5.74) is 1.98. The van der Waals surface area contributed by atoms with Gasteiger partial charge in [0, 0.05) is 5.56 Å². The zero-order valence-electron chi connectivity index (χ0n) is 14.7. The molecule has 0 aliphatic carbocycles. The van der Waals surface area contributed by atoms with Gasteiger partial charge in [-0.3, -0.25) is 4.79 Å². The van der Waals surface area contributed by atoms with Crippen LogP contribution in [0.1, 0.15) is 42.5 Å². The molecule has 0 radical (unpaired) electrons. The molecule has 0 atom stereocenters. The van der Waals surface area contributed by atoms with Gasteiger partial charge in [-0.1, -0.05) is 42.0 Å². The number of aryl methyl sites for hydroxylation is 1. The van der Waals surface area contributed by atoms with Crippen LogP contribution in [0.4, 0.5) is 4.79 Å². The van der Waals surface area contributed by atoms with Crippen molar-refractivity contribution in [1.29, 1.82) is 0 Å². The van der Waals surface area contributed by atoms with Crippen molar-refractivity contribution in [3.8, 4) is 0 Å². The number of carbonyl (C=O) groups is 2. The minimum absolute atomic E-state index is 0.0549. The topological polar surface area (TPSA) is 61.2 Å². The molecule has 25 heavy (non-hydrogen) atoms. The van der Waals surface area contributed by atoms with Gasteiger partial charge in [0.2, 0.25) is 5.78 Å². The Hall–Kier alpha value is -2.95. The number of aromatic nitrogens is 2. The van der Waals surface area contributed by atoms with E-state index in [2.05, 4.69) is 4.98 Å². The van der Waals surface area contributed by atoms with Crippen molar-refractivity contribution in [3.05, 3.63) is 65.5 Å². The van der Waals surface area contributed by atoms with E-state index in [0.29, 0.717) is 16.6 Å². The molecule has 0 amide bonds. The van der Waals surface area contributed by atoms with Crippen LogP contribution in [0, 0.1) is 6.92 Å². The zero-order chi connectivity index (χ0) is 18.2. The molecular formula is C20H20N2O3. The molecule has 0 bridgehead atoms. The van der Waals surface area contributed by atoms with Gasteiger partial charge >= 0.3 is 6.09 Å². The van der Waals surface area contributed by atoms with Crippen LogP contribution >= 0.6 is 0 Å². The van der Waals surface area contributed by atoms with Gasteiger partial charge in [-0.15, -0.1) is 0 Å². The normalized spacial score (nSPS) is 11.5. The van der Waals surface area contributed by atoms with Gasteiger partial charge in [-0.05, 0) is 39.8 Å². The Balaban J connectivity index is 2.14. The first kappa shape index (κ1) is 16.9. The Morgan fingerprint density at radius 3 is 2.28 bits per heavy atom. The van der Waals surface area contributed by atoms with Crippen LogP contribution in [0.3, 0.4) is 0 Å². The van der Waals surface area contributed by atoms with Crippen molar-refractivity contribution >= 4 is 22.9 Å². The summed E-state index contributed by atoms with van der Waals surface area (Å²) in [5.74, 6) is -0.263. The third-order valence-corrected chi connectivity index (χ3v) is 3.65. The third kappa shape index (κ3) is 3.45. The molecule has 3 rings (SSSR count). The van der Waals surface area contributed by atoms with E-state index in [1.54, 1.807) is 51.1 Å². The summed E-state index contributed by atoms with van der Waals surface area (Å²) in [6.45, 7) is 7.30. The lowest BCUT2D eigenvalue weighted by atomic mass is 10.1. The van der Waals surface area contributed by atoms with E-state index in [9.17, 15) is 9.59 Å². The monoisotopic (exact) mass is 336 g/mol. The van der Waals surface area contributed by atoms with E-state index in [1.165, 1.54) is 4.57 Å². The Labute approximate surface area is 146 Å². The molecule has 5 nitrogen and oxygen atoms in total. The van der Waals surface area contributed by atoms with E-state index >= 15 is 0 Å². The molecule has 0 aliphatic heterocycles. The number of ketones is 1. The maximum absolute atomic E-state index is 12.9. The number of hydrogen-bond donors (Lipinski definition) is 0. The van der Waals surface area contributed by atoms with Gasteiger partial charge in [0.25, 0.3) is 0 Å². The minimum Gasteiger partial charge on any atom is -0.443 e. The van der Waals surface area contributed by atoms with Crippen LogP contribution in [0.15, 0.2) is 48.5 Å². The number of ether oxygens (including phenoxy) is 1. The largest absolute Gasteiger partial charge is 0.443 e. The lowest BCUT2D eigenvalue weighted by Crippen LogP contribution is -2.29. The highest BCUT2D eigenvalue weighted by Gasteiger charge is 2.26. The quantitative estimate of drug-likeness (QED) is 0.652. The van der Waals surface area contributed by atoms with Crippen molar-refractivity contribution in [1.82, 2.24) is 9.55 Å². The van der Waals surface area contributed by atoms with Crippen molar-refractivity contribution in [2.75, 3.05) is 0 Å². The summed E-state index contributed by atoms with van der Waals surface area (Å²) in [4.78, 5) is 30.0. The van der Waals surface area contributed by atoms with E-state index in [-0.39, 0.29) is 11.6 Å². The van der Waals surface area contributed by atoms with E-state index < -0.39 is 11.7 Å². The van der Waals surface area contributed by atoms with Crippen LogP contribution < -0.4 is 0 Å². The first-order valence-corrected chi connectivity index (χ1v) is 8.08. The molecule has 3 aromatic rings. The van der Waals surface area contributed by atoms with Crippen LogP contribution in [0.5, 0.6) is 0 Å². The number of hydrogen-bond acceptors (Lipinski definition) is 4. The standard InChI is InChI=1S/C20H20N2O3/c1-13-9-11-14(12-10-13)17(23)18-21-15-7-5-6-8-16(15)22(18)19(24)25-20(2,3)4/h5-12H,1-4H3. The van der Waals surface area contributed by atoms with Gasteiger partial charge < -0.3 is 4.74 Å². The molecule has 0 saturated carbocycles. The predicted octanol–water partition coefficient (Wildman–Crippen LogP) is 4.36. The predicted molar refractivity (Wildman–Crippen MR) is 96.0 cm³/mol. The van der Waals surface area contributed by atoms with Gasteiger partial charge in [0.05, 0.1) is 11.0 Å². The molecule has 5 heteroatoms. The number of benzene rings is 2. The maximum atomic E-state index is 12.9. The molecule has 0 N–H and O–H groups in total. The average Bonchev–Trinajstić information content (AvgIpc) is 2.93. The first-order valence-electron chi connectivity index (χ1n) is 8.08. The fourth-order valence-corrected chi connectivity index (χ4v) is 2.50. The number of fused-ring (bicyclic) bond motifs is 1. The van der Waals surface area contributed by atoms with Gasteiger partial charge in [-0.2, -0.15) is 0 Å². The molecule has 0 spiro atoms. The highest BCUT2D eigenvalue weighted by Crippen LogP contribution is 2.21. The van der Waals surface area contributed by atoms with E-state index in [4.69, 9.17) is 4.74 Å². The highest BCUT2D eigenvalue weighted by atomic mass is 16.6. The smallest absolute Gasteiger partial charge is 0.420 e. The molecule has 1 aromatic heterocycles. The summed E-state index contributed by atoms with van der Waals surface area (Å²) in [6, 6.07) is 14.3. The number of carbonyl (C=O) groups excluding carboxylic acids is 2. The highest BCUT2D eigenvalue weighted by molar-refractivity contribution is 6.10. The Morgan fingerprint density at radius 1 is 1.00 bits per heavy atom. The molecule has 0 fully saturated rings. The lowest BCUT2D eigenvalue weighted by molar-refractivity contribution is 0.0535. The molecule has 128 valence electrons. The van der Waals surface area contributed by atoms with Gasteiger partial charge in [0.1, 0.15) is 5.60 Å². The number of rotatable bonds is 2. The Kier molecular flexibility index (Phi) is 4.17. The summed E-state index contributed by atoms with van der Waals surface area (Å²) >= 11 is 0. The first-order chi connectivity index (χ1) is 11.8. The van der Waals surface area contributed by atoms with Crippen LogP contribution in [-0.4, -0.2) is 27.0 Å². The summed E-state index contributed by atoms with van der Waals surface area (Å²) < 4.78 is 6.72. The minimum atomic E-state index is -0.674. The van der Waals surface area contributed by atoms with Crippen molar-refractivity contribution in [2.45, 2.75) is 33.3 Å². The molecule has 2 aromatic carbocycles. The Morgan fingerprint density at radius 2 is 1.64 bits per heavy atom. The lowest BCUT2D eigenvalue weighted by Gasteiger charge is -2.20. The van der Waals surface area contributed by atoms with Crippen molar-refractivity contribution in [3.63, 3.8) is 0 Å². The third-order valence-electron chi connectivity index (χ3n) is 3.65. The SMILES string of the molecule is Cc1ccc(C(=O)c2nc3ccccc3n2C(=O)OC(C)(C)C)cc1. The van der Waals surface area contributed by atoms with Crippen LogP contribution in [0.2, 0.25) is 0 Å². The molecular weight excluding hydrogens is 316 g/mol. The van der Waals surface area contributed by atoms with Crippen LogP contribution in [-0.2, 0) is 4.74 Å². The fourth-order valence-electron chi connectivity index (χ4n) is 2.50. The summed E-state index contributed by atoms with van der Waals surface area (Å²) in [6.07, 6.45) is -0.614. The second-order valence-electron chi connectivity index (χ2n) is 6.94. The van der Waals surface area contributed by atoms with Crippen molar-refractivity contribution < 1.29 is 14.3 Å². The van der Waals surface area contributed by atoms with Crippen LogP contribution in [0.25, 0.3) is 11.0 Å². The summed E-state index contributed by atoms with van der Waals surface area (Å²) in [7, 11) is 0. The van der Waals surface area contributed by atoms with Crippen molar-refractivity contribution in [2.24, 2.45) is 0 Å². The average molecular weight is 336 g/mol. The van der Waals surface area contributed by atoms with E-state index in [0.717, 1.165) is 5.56 Å². The molecule has 1 heterocycles. The molecule has 0 aliphatic rings. The number of nitrogens with zero attached hydrogens (tertiary/aromatic N) is 2. The van der Waals surface area contributed by atoms with Gasteiger partial charge in [0.15, 0.2) is 5.82 Å². The molecule has 0 saturated heterocycles. The second kappa shape index (κ2) is 6.16. The number of imidazole rings is 1. The summed E-state index contributed by atoms with van der Waals surface area (Å²) in [5, 5.41) is 0. The Bertz CT molecular complexity index is 947. The molecule has 0 unspecified atom stereocenters.